The third-order valence-electron chi connectivity index (χ3n) is 2.36. The number of thiophene rings is 1. The largest absolute Gasteiger partial charge is 0.383 e. The molecular formula is C11H10N4OS2. The van der Waals surface area contributed by atoms with Crippen LogP contribution >= 0.6 is 23.1 Å². The molecule has 0 aromatic carbocycles. The first kappa shape index (κ1) is 11.5. The Bertz CT molecular complexity index is 691. The number of rotatable bonds is 3. The third-order valence-corrected chi connectivity index (χ3v) is 4.05. The maximum Gasteiger partial charge on any atom is 0.191 e. The van der Waals surface area contributed by atoms with Gasteiger partial charge in [0.2, 0.25) is 0 Å². The van der Waals surface area contributed by atoms with Gasteiger partial charge in [-0.05, 0) is 18.4 Å². The Kier molecular flexibility index (Phi) is 2.92. The predicted octanol–water partition coefficient (Wildman–Crippen LogP) is 2.86. The molecule has 0 aliphatic heterocycles. The lowest BCUT2D eigenvalue weighted by atomic mass is 10.4. The number of aromatic nitrogens is 3. The average Bonchev–Trinajstić information content (AvgIpc) is 2.95. The standard InChI is InChI=1S/C11H10N4OS2/c1-6-4-7(15-16-6)5-18-11-13-9(12)8-2-3-17-10(8)14-11/h2-4H,5H2,1H3,(H2,12,13,14). The van der Waals surface area contributed by atoms with Crippen LogP contribution in [0.3, 0.4) is 0 Å². The van der Waals surface area contributed by atoms with Gasteiger partial charge in [0.1, 0.15) is 16.4 Å². The smallest absolute Gasteiger partial charge is 0.191 e. The molecule has 0 aliphatic rings. The Balaban J connectivity index is 1.82. The van der Waals surface area contributed by atoms with Crippen molar-refractivity contribution in [2.24, 2.45) is 0 Å². The molecule has 3 heterocycles. The fourth-order valence-corrected chi connectivity index (χ4v) is 3.11. The lowest BCUT2D eigenvalue weighted by molar-refractivity contribution is 0.393. The molecule has 7 heteroatoms. The van der Waals surface area contributed by atoms with Crippen LogP contribution in [0.2, 0.25) is 0 Å². The number of nitrogens with zero attached hydrogens (tertiary/aromatic N) is 3. The summed E-state index contributed by atoms with van der Waals surface area (Å²) in [4.78, 5) is 9.64. The van der Waals surface area contributed by atoms with Crippen molar-refractivity contribution in [3.8, 4) is 0 Å². The highest BCUT2D eigenvalue weighted by molar-refractivity contribution is 7.98. The van der Waals surface area contributed by atoms with Crippen LogP contribution < -0.4 is 5.73 Å². The molecule has 0 fully saturated rings. The molecule has 0 unspecified atom stereocenters. The molecular weight excluding hydrogens is 268 g/mol. The van der Waals surface area contributed by atoms with Crippen molar-refractivity contribution in [1.29, 1.82) is 0 Å². The number of fused-ring (bicyclic) bond motifs is 1. The summed E-state index contributed by atoms with van der Waals surface area (Å²) in [6.07, 6.45) is 0. The molecule has 0 amide bonds. The monoisotopic (exact) mass is 278 g/mol. The van der Waals surface area contributed by atoms with E-state index in [9.17, 15) is 0 Å². The van der Waals surface area contributed by atoms with E-state index in [0.29, 0.717) is 16.7 Å². The van der Waals surface area contributed by atoms with E-state index in [1.807, 2.05) is 24.4 Å². The SMILES string of the molecule is Cc1cc(CSc2nc(N)c3ccsc3n2)no1. The van der Waals surface area contributed by atoms with E-state index in [0.717, 1.165) is 21.7 Å². The minimum absolute atomic E-state index is 0.528. The third kappa shape index (κ3) is 2.19. The summed E-state index contributed by atoms with van der Waals surface area (Å²) in [5.74, 6) is 2.01. The van der Waals surface area contributed by atoms with Gasteiger partial charge in [-0.15, -0.1) is 11.3 Å². The van der Waals surface area contributed by atoms with Gasteiger partial charge in [0.15, 0.2) is 5.16 Å². The molecule has 0 saturated carbocycles. The van der Waals surface area contributed by atoms with E-state index in [2.05, 4.69) is 15.1 Å². The van der Waals surface area contributed by atoms with E-state index in [4.69, 9.17) is 10.3 Å². The maximum atomic E-state index is 5.88. The zero-order valence-electron chi connectivity index (χ0n) is 9.58. The second-order valence-electron chi connectivity index (χ2n) is 3.75. The van der Waals surface area contributed by atoms with Gasteiger partial charge in [-0.2, -0.15) is 0 Å². The van der Waals surface area contributed by atoms with Gasteiger partial charge < -0.3 is 10.3 Å². The molecule has 92 valence electrons. The molecule has 0 atom stereocenters. The number of thioether (sulfide) groups is 1. The minimum atomic E-state index is 0.528. The van der Waals surface area contributed by atoms with Crippen LogP contribution in [0.5, 0.6) is 0 Å². The summed E-state index contributed by atoms with van der Waals surface area (Å²) in [6, 6.07) is 3.84. The summed E-state index contributed by atoms with van der Waals surface area (Å²) in [5, 5.41) is 7.48. The first-order valence-electron chi connectivity index (χ1n) is 5.28. The van der Waals surface area contributed by atoms with E-state index < -0.39 is 0 Å². The van der Waals surface area contributed by atoms with Crippen LogP contribution in [-0.4, -0.2) is 15.1 Å². The molecule has 3 rings (SSSR count). The van der Waals surface area contributed by atoms with E-state index in [1.165, 1.54) is 11.8 Å². The molecule has 3 aromatic rings. The van der Waals surface area contributed by atoms with Crippen molar-refractivity contribution in [1.82, 2.24) is 15.1 Å². The zero-order chi connectivity index (χ0) is 12.5. The van der Waals surface area contributed by atoms with E-state index >= 15 is 0 Å². The topological polar surface area (TPSA) is 77.8 Å². The molecule has 18 heavy (non-hydrogen) atoms. The molecule has 0 radical (unpaired) electrons. The predicted molar refractivity (Wildman–Crippen MR) is 72.6 cm³/mol. The second kappa shape index (κ2) is 4.58. The summed E-state index contributed by atoms with van der Waals surface area (Å²) in [7, 11) is 0. The fourth-order valence-electron chi connectivity index (χ4n) is 1.55. The van der Waals surface area contributed by atoms with Gasteiger partial charge in [0, 0.05) is 11.8 Å². The summed E-state index contributed by atoms with van der Waals surface area (Å²) < 4.78 is 5.01. The van der Waals surface area contributed by atoms with Crippen molar-refractivity contribution >= 4 is 39.1 Å². The van der Waals surface area contributed by atoms with E-state index in [-0.39, 0.29) is 0 Å². The minimum Gasteiger partial charge on any atom is -0.383 e. The first-order chi connectivity index (χ1) is 8.72. The van der Waals surface area contributed by atoms with Crippen LogP contribution in [0, 0.1) is 6.92 Å². The fraction of sp³-hybridized carbons (Fsp3) is 0.182. The lowest BCUT2D eigenvalue weighted by Crippen LogP contribution is -1.95. The van der Waals surface area contributed by atoms with Gasteiger partial charge in [-0.25, -0.2) is 9.97 Å². The number of nitrogen functional groups attached to an aromatic ring is 1. The van der Waals surface area contributed by atoms with Crippen molar-refractivity contribution in [2.75, 3.05) is 5.73 Å². The van der Waals surface area contributed by atoms with Crippen LogP contribution in [0.15, 0.2) is 27.2 Å². The van der Waals surface area contributed by atoms with Crippen molar-refractivity contribution in [3.05, 3.63) is 29.0 Å². The number of aryl methyl sites for hydroxylation is 1. The summed E-state index contributed by atoms with van der Waals surface area (Å²) in [5.41, 5.74) is 6.76. The highest BCUT2D eigenvalue weighted by atomic mass is 32.2. The van der Waals surface area contributed by atoms with Crippen LogP contribution in [-0.2, 0) is 5.75 Å². The highest BCUT2D eigenvalue weighted by Gasteiger charge is 2.08. The molecule has 3 aromatic heterocycles. The Morgan fingerprint density at radius 2 is 2.33 bits per heavy atom. The quantitative estimate of drug-likeness (QED) is 0.586. The lowest BCUT2D eigenvalue weighted by Gasteiger charge is -2.00. The van der Waals surface area contributed by atoms with Crippen molar-refractivity contribution in [2.45, 2.75) is 17.8 Å². The molecule has 0 bridgehead atoms. The van der Waals surface area contributed by atoms with Crippen LogP contribution in [0.25, 0.3) is 10.2 Å². The highest BCUT2D eigenvalue weighted by Crippen LogP contribution is 2.27. The molecule has 2 N–H and O–H groups in total. The molecule has 0 aliphatic carbocycles. The Labute approximate surface area is 111 Å². The summed E-state index contributed by atoms with van der Waals surface area (Å²) in [6.45, 7) is 1.87. The first-order valence-corrected chi connectivity index (χ1v) is 7.14. The Morgan fingerprint density at radius 1 is 1.44 bits per heavy atom. The Hall–Kier alpha value is -1.60. The normalized spacial score (nSPS) is 11.2. The van der Waals surface area contributed by atoms with Gasteiger partial charge in [0.25, 0.3) is 0 Å². The summed E-state index contributed by atoms with van der Waals surface area (Å²) >= 11 is 3.06. The second-order valence-corrected chi connectivity index (χ2v) is 5.59. The molecule has 0 saturated heterocycles. The van der Waals surface area contributed by atoms with Crippen LogP contribution in [0.1, 0.15) is 11.5 Å². The van der Waals surface area contributed by atoms with Gasteiger partial charge in [-0.1, -0.05) is 16.9 Å². The Morgan fingerprint density at radius 3 is 3.11 bits per heavy atom. The maximum absolute atomic E-state index is 5.88. The number of hydrogen-bond acceptors (Lipinski definition) is 7. The van der Waals surface area contributed by atoms with Gasteiger partial charge >= 0.3 is 0 Å². The van der Waals surface area contributed by atoms with Crippen molar-refractivity contribution in [3.63, 3.8) is 0 Å². The zero-order valence-corrected chi connectivity index (χ0v) is 11.2. The average molecular weight is 278 g/mol. The van der Waals surface area contributed by atoms with Gasteiger partial charge in [-0.3, -0.25) is 0 Å². The molecule has 5 nitrogen and oxygen atoms in total. The number of hydrogen-bond donors (Lipinski definition) is 1. The van der Waals surface area contributed by atoms with Crippen molar-refractivity contribution < 1.29 is 4.52 Å². The molecule has 0 spiro atoms. The van der Waals surface area contributed by atoms with Gasteiger partial charge in [0.05, 0.1) is 11.1 Å². The van der Waals surface area contributed by atoms with E-state index in [1.54, 1.807) is 11.3 Å². The number of nitrogens with two attached hydrogens (primary N) is 1. The van der Waals surface area contributed by atoms with Crippen LogP contribution in [0.4, 0.5) is 5.82 Å². The number of anilines is 1.